The summed E-state index contributed by atoms with van der Waals surface area (Å²) >= 11 is 0. The molecule has 0 N–H and O–H groups in total. The van der Waals surface area contributed by atoms with Crippen molar-refractivity contribution >= 4 is 11.1 Å². The van der Waals surface area contributed by atoms with Gasteiger partial charge in [-0.05, 0) is 53.6 Å². The van der Waals surface area contributed by atoms with Crippen LogP contribution in [0.1, 0.15) is 0 Å². The fourth-order valence-corrected chi connectivity index (χ4v) is 6.87. The lowest BCUT2D eigenvalue weighted by atomic mass is 9.99. The van der Waals surface area contributed by atoms with Crippen LogP contribution in [0.3, 0.4) is 0 Å². The zero-order valence-corrected chi connectivity index (χ0v) is 30.6. The second-order valence-electron chi connectivity index (χ2n) is 13.6. The zero-order chi connectivity index (χ0) is 38.0. The standard InChI is InChI=1S/C50H32N6O/c1-4-14-33(15-5-1)43-32-44(52-46(51-43)34-16-6-2-7-17-34)40-22-12-20-38(30-40)39-21-13-23-41(31-39)49-55-47(35-18-8-3-9-19-35)54-48(56-49)36-26-28-37(29-27-36)50-53-42-24-10-11-25-45(42)57-50/h1-32H. The van der Waals surface area contributed by atoms with E-state index in [0.717, 1.165) is 72.6 Å². The van der Waals surface area contributed by atoms with Crippen LogP contribution in [0.15, 0.2) is 199 Å². The third-order valence-electron chi connectivity index (χ3n) is 9.79. The number of benzene rings is 7. The first-order valence-corrected chi connectivity index (χ1v) is 18.7. The highest BCUT2D eigenvalue weighted by Crippen LogP contribution is 2.33. The average Bonchev–Trinajstić information content (AvgIpc) is 3.74. The Kier molecular flexibility index (Phi) is 8.70. The van der Waals surface area contributed by atoms with E-state index in [1.54, 1.807) is 0 Å². The largest absolute Gasteiger partial charge is 0.436 e. The summed E-state index contributed by atoms with van der Waals surface area (Å²) in [6, 6.07) is 64.9. The van der Waals surface area contributed by atoms with Gasteiger partial charge in [0.2, 0.25) is 5.89 Å². The van der Waals surface area contributed by atoms with E-state index < -0.39 is 0 Å². The molecule has 0 atom stereocenters. The van der Waals surface area contributed by atoms with Crippen molar-refractivity contribution in [1.82, 2.24) is 29.9 Å². The molecule has 7 heteroatoms. The van der Waals surface area contributed by atoms with E-state index in [-0.39, 0.29) is 0 Å². The molecule has 7 aromatic carbocycles. The lowest BCUT2D eigenvalue weighted by Crippen LogP contribution is -2.00. The van der Waals surface area contributed by atoms with Gasteiger partial charge in [0, 0.05) is 38.9 Å². The van der Waals surface area contributed by atoms with Gasteiger partial charge in [-0.1, -0.05) is 152 Å². The summed E-state index contributed by atoms with van der Waals surface area (Å²) in [5.41, 5.74) is 11.9. The molecule has 57 heavy (non-hydrogen) atoms. The van der Waals surface area contributed by atoms with Crippen LogP contribution in [0.25, 0.3) is 102 Å². The summed E-state index contributed by atoms with van der Waals surface area (Å²) < 4.78 is 6.02. The summed E-state index contributed by atoms with van der Waals surface area (Å²) in [7, 11) is 0. The minimum Gasteiger partial charge on any atom is -0.436 e. The van der Waals surface area contributed by atoms with Crippen molar-refractivity contribution in [2.45, 2.75) is 0 Å². The van der Waals surface area contributed by atoms with Gasteiger partial charge in [0.25, 0.3) is 0 Å². The number of rotatable bonds is 8. The minimum absolute atomic E-state index is 0.568. The topological polar surface area (TPSA) is 90.5 Å². The molecule has 0 amide bonds. The Labute approximate surface area is 329 Å². The lowest BCUT2D eigenvalue weighted by molar-refractivity contribution is 0.620. The molecule has 268 valence electrons. The molecule has 0 saturated carbocycles. The molecule has 0 saturated heterocycles. The van der Waals surface area contributed by atoms with E-state index in [4.69, 9.17) is 29.3 Å². The second-order valence-corrected chi connectivity index (χ2v) is 13.6. The van der Waals surface area contributed by atoms with Crippen LogP contribution in [0.2, 0.25) is 0 Å². The third kappa shape index (κ3) is 6.97. The maximum absolute atomic E-state index is 6.02. The van der Waals surface area contributed by atoms with Crippen molar-refractivity contribution in [3.63, 3.8) is 0 Å². The smallest absolute Gasteiger partial charge is 0.227 e. The predicted octanol–water partition coefficient (Wildman–Crippen LogP) is 12.1. The Balaban J connectivity index is 1.02. The Morgan fingerprint density at radius 3 is 1.30 bits per heavy atom. The molecule has 3 heterocycles. The van der Waals surface area contributed by atoms with Gasteiger partial charge in [-0.25, -0.2) is 29.9 Å². The fraction of sp³-hybridized carbons (Fsp3) is 0. The normalized spacial score (nSPS) is 11.2. The number of hydrogen-bond donors (Lipinski definition) is 0. The van der Waals surface area contributed by atoms with Crippen molar-refractivity contribution < 1.29 is 4.42 Å². The molecule has 10 rings (SSSR count). The molecular weight excluding hydrogens is 701 g/mol. The Bertz CT molecular complexity index is 2910. The minimum atomic E-state index is 0.568. The van der Waals surface area contributed by atoms with Crippen molar-refractivity contribution in [3.05, 3.63) is 194 Å². The molecular formula is C50H32N6O. The van der Waals surface area contributed by atoms with Crippen molar-refractivity contribution in [3.8, 4) is 90.6 Å². The zero-order valence-electron chi connectivity index (χ0n) is 30.6. The molecule has 0 aliphatic carbocycles. The molecule has 10 aromatic rings. The summed E-state index contributed by atoms with van der Waals surface area (Å²) in [5, 5.41) is 0. The highest BCUT2D eigenvalue weighted by Gasteiger charge is 2.16. The lowest BCUT2D eigenvalue weighted by Gasteiger charge is -2.12. The molecule has 0 bridgehead atoms. The molecule has 0 unspecified atom stereocenters. The summed E-state index contributed by atoms with van der Waals surface area (Å²) in [6.07, 6.45) is 0. The number of nitrogens with zero attached hydrogens (tertiary/aromatic N) is 6. The van der Waals surface area contributed by atoms with Crippen molar-refractivity contribution in [2.24, 2.45) is 0 Å². The van der Waals surface area contributed by atoms with Crippen LogP contribution in [0.4, 0.5) is 0 Å². The van der Waals surface area contributed by atoms with Crippen LogP contribution in [-0.2, 0) is 0 Å². The number of oxazole rings is 1. The Morgan fingerprint density at radius 2 is 0.684 bits per heavy atom. The molecule has 3 aromatic heterocycles. The summed E-state index contributed by atoms with van der Waals surface area (Å²) in [5.74, 6) is 2.99. The van der Waals surface area contributed by atoms with Crippen molar-refractivity contribution in [1.29, 1.82) is 0 Å². The molecule has 0 fully saturated rings. The van der Waals surface area contributed by atoms with Gasteiger partial charge in [-0.2, -0.15) is 0 Å². The molecule has 0 radical (unpaired) electrons. The van der Waals surface area contributed by atoms with E-state index >= 15 is 0 Å². The van der Waals surface area contributed by atoms with Crippen LogP contribution < -0.4 is 0 Å². The monoisotopic (exact) mass is 732 g/mol. The molecule has 0 aliphatic rings. The van der Waals surface area contributed by atoms with Gasteiger partial charge in [-0.15, -0.1) is 0 Å². The molecule has 7 nitrogen and oxygen atoms in total. The summed E-state index contributed by atoms with van der Waals surface area (Å²) in [6.45, 7) is 0. The van der Waals surface area contributed by atoms with E-state index in [0.29, 0.717) is 29.2 Å². The Hall–Kier alpha value is -7.90. The first-order chi connectivity index (χ1) is 28.2. The average molecular weight is 733 g/mol. The van der Waals surface area contributed by atoms with Crippen LogP contribution in [-0.4, -0.2) is 29.9 Å². The Morgan fingerprint density at radius 1 is 0.263 bits per heavy atom. The molecule has 0 spiro atoms. The maximum Gasteiger partial charge on any atom is 0.227 e. The second kappa shape index (κ2) is 14.7. The number of para-hydroxylation sites is 2. The first-order valence-electron chi connectivity index (χ1n) is 18.7. The quantitative estimate of drug-likeness (QED) is 0.154. The van der Waals surface area contributed by atoms with Gasteiger partial charge in [-0.3, -0.25) is 0 Å². The van der Waals surface area contributed by atoms with E-state index in [1.165, 1.54) is 0 Å². The van der Waals surface area contributed by atoms with Crippen LogP contribution in [0.5, 0.6) is 0 Å². The van der Waals surface area contributed by atoms with Crippen molar-refractivity contribution in [2.75, 3.05) is 0 Å². The molecule has 0 aliphatic heterocycles. The van der Waals surface area contributed by atoms with Gasteiger partial charge in [0.1, 0.15) is 5.52 Å². The van der Waals surface area contributed by atoms with Gasteiger partial charge < -0.3 is 4.42 Å². The van der Waals surface area contributed by atoms with E-state index in [2.05, 4.69) is 59.6 Å². The first kappa shape index (κ1) is 33.7. The maximum atomic E-state index is 6.02. The van der Waals surface area contributed by atoms with Gasteiger partial charge >= 0.3 is 0 Å². The number of aromatic nitrogens is 6. The van der Waals surface area contributed by atoms with E-state index in [9.17, 15) is 0 Å². The van der Waals surface area contributed by atoms with Gasteiger partial charge in [0.05, 0.1) is 11.4 Å². The highest BCUT2D eigenvalue weighted by atomic mass is 16.3. The fourth-order valence-electron chi connectivity index (χ4n) is 6.87. The summed E-state index contributed by atoms with van der Waals surface area (Å²) in [4.78, 5) is 29.7. The van der Waals surface area contributed by atoms with E-state index in [1.807, 2.05) is 140 Å². The van der Waals surface area contributed by atoms with Gasteiger partial charge in [0.15, 0.2) is 28.9 Å². The number of hydrogen-bond acceptors (Lipinski definition) is 7. The SMILES string of the molecule is c1ccc(-c2cc(-c3cccc(-c4cccc(-c5nc(-c6ccccc6)nc(-c6ccc(-c7nc8ccccc8o7)cc6)n5)c4)c3)nc(-c3ccccc3)n2)cc1. The number of fused-ring (bicyclic) bond motifs is 1. The van der Waals surface area contributed by atoms with Crippen LogP contribution >= 0.6 is 0 Å². The highest BCUT2D eigenvalue weighted by molar-refractivity contribution is 5.79. The third-order valence-corrected chi connectivity index (χ3v) is 9.79. The van der Waals surface area contributed by atoms with Crippen LogP contribution in [0, 0.1) is 0 Å². The predicted molar refractivity (Wildman–Crippen MR) is 226 cm³/mol.